The van der Waals surface area contributed by atoms with Gasteiger partial charge in [-0.15, -0.1) is 0 Å². The van der Waals surface area contributed by atoms with Crippen molar-refractivity contribution in [2.75, 3.05) is 6.54 Å². The highest BCUT2D eigenvalue weighted by Gasteiger charge is 2.40. The molecule has 1 saturated heterocycles. The summed E-state index contributed by atoms with van der Waals surface area (Å²) in [5.41, 5.74) is 0.428. The highest BCUT2D eigenvalue weighted by Crippen LogP contribution is 2.44. The standard InChI is InChI=1S/C18H35NO/c1-5-13-9-10-19-16(11-13)15-12-14(7-8-17(15)20)18(3,4)6-2/h13-17,19-20H,5-12H2,1-4H3. The Balaban J connectivity index is 2.01. The van der Waals surface area contributed by atoms with E-state index in [1.54, 1.807) is 0 Å². The third kappa shape index (κ3) is 3.57. The molecule has 0 aromatic heterocycles. The van der Waals surface area contributed by atoms with Gasteiger partial charge in [0.2, 0.25) is 0 Å². The van der Waals surface area contributed by atoms with Crippen LogP contribution in [0.3, 0.4) is 0 Å². The lowest BCUT2D eigenvalue weighted by molar-refractivity contribution is -0.0105. The Hall–Kier alpha value is -0.0800. The van der Waals surface area contributed by atoms with Gasteiger partial charge in [0.15, 0.2) is 0 Å². The summed E-state index contributed by atoms with van der Waals surface area (Å²) >= 11 is 0. The maximum Gasteiger partial charge on any atom is 0.0583 e. The molecule has 20 heavy (non-hydrogen) atoms. The van der Waals surface area contributed by atoms with Crippen LogP contribution >= 0.6 is 0 Å². The molecule has 2 heteroatoms. The maximum absolute atomic E-state index is 10.5. The molecular weight excluding hydrogens is 246 g/mol. The molecule has 2 nitrogen and oxygen atoms in total. The summed E-state index contributed by atoms with van der Waals surface area (Å²) < 4.78 is 0. The number of rotatable bonds is 4. The first-order valence-corrected chi connectivity index (χ1v) is 8.89. The fourth-order valence-electron chi connectivity index (χ4n) is 4.35. The Morgan fingerprint density at radius 2 is 1.85 bits per heavy atom. The Morgan fingerprint density at radius 1 is 1.10 bits per heavy atom. The van der Waals surface area contributed by atoms with Crippen LogP contribution in [-0.4, -0.2) is 23.8 Å². The van der Waals surface area contributed by atoms with Gasteiger partial charge in [-0.3, -0.25) is 0 Å². The molecule has 5 atom stereocenters. The van der Waals surface area contributed by atoms with Crippen LogP contribution in [0, 0.1) is 23.2 Å². The van der Waals surface area contributed by atoms with E-state index in [-0.39, 0.29) is 6.10 Å². The molecule has 1 aliphatic heterocycles. The van der Waals surface area contributed by atoms with Crippen LogP contribution in [-0.2, 0) is 0 Å². The molecule has 1 saturated carbocycles. The van der Waals surface area contributed by atoms with E-state index in [1.807, 2.05) is 0 Å². The highest BCUT2D eigenvalue weighted by atomic mass is 16.3. The van der Waals surface area contributed by atoms with E-state index < -0.39 is 0 Å². The van der Waals surface area contributed by atoms with Crippen molar-refractivity contribution >= 4 is 0 Å². The fourth-order valence-corrected chi connectivity index (χ4v) is 4.35. The molecule has 0 spiro atoms. The lowest BCUT2D eigenvalue weighted by Crippen LogP contribution is -2.50. The second-order valence-corrected chi connectivity index (χ2v) is 7.94. The highest BCUT2D eigenvalue weighted by molar-refractivity contribution is 4.94. The molecule has 0 aromatic rings. The molecule has 0 radical (unpaired) electrons. The van der Waals surface area contributed by atoms with Gasteiger partial charge in [-0.05, 0) is 55.9 Å². The minimum atomic E-state index is -0.0768. The van der Waals surface area contributed by atoms with Crippen molar-refractivity contribution in [1.29, 1.82) is 0 Å². The summed E-state index contributed by atoms with van der Waals surface area (Å²) in [5, 5.41) is 14.2. The second-order valence-electron chi connectivity index (χ2n) is 7.94. The summed E-state index contributed by atoms with van der Waals surface area (Å²) in [6, 6.07) is 0.555. The topological polar surface area (TPSA) is 32.3 Å². The number of aliphatic hydroxyl groups is 1. The van der Waals surface area contributed by atoms with E-state index in [4.69, 9.17) is 0 Å². The van der Waals surface area contributed by atoms with Crippen LogP contribution in [0.2, 0.25) is 0 Å². The normalized spacial score (nSPS) is 39.8. The minimum absolute atomic E-state index is 0.0768. The predicted octanol–water partition coefficient (Wildman–Crippen LogP) is 3.98. The zero-order chi connectivity index (χ0) is 14.8. The van der Waals surface area contributed by atoms with Crippen LogP contribution in [0.1, 0.15) is 72.6 Å². The van der Waals surface area contributed by atoms with Crippen LogP contribution in [0.15, 0.2) is 0 Å². The van der Waals surface area contributed by atoms with Crippen molar-refractivity contribution in [2.45, 2.75) is 84.8 Å². The van der Waals surface area contributed by atoms with Crippen molar-refractivity contribution in [3.63, 3.8) is 0 Å². The maximum atomic E-state index is 10.5. The Bertz CT molecular complexity index is 302. The Labute approximate surface area is 125 Å². The van der Waals surface area contributed by atoms with Crippen molar-refractivity contribution in [2.24, 2.45) is 23.2 Å². The lowest BCUT2D eigenvalue weighted by Gasteiger charge is -2.46. The smallest absolute Gasteiger partial charge is 0.0583 e. The fraction of sp³-hybridized carbons (Fsp3) is 1.00. The van der Waals surface area contributed by atoms with Crippen LogP contribution in [0.5, 0.6) is 0 Å². The van der Waals surface area contributed by atoms with E-state index in [0.29, 0.717) is 17.4 Å². The number of piperidine rings is 1. The zero-order valence-electron chi connectivity index (χ0n) is 14.0. The molecular formula is C18H35NO. The van der Waals surface area contributed by atoms with E-state index >= 15 is 0 Å². The summed E-state index contributed by atoms with van der Waals surface area (Å²) in [6.07, 6.45) is 8.50. The van der Waals surface area contributed by atoms with Gasteiger partial charge in [-0.2, -0.15) is 0 Å². The van der Waals surface area contributed by atoms with E-state index in [9.17, 15) is 5.11 Å². The first kappa shape index (κ1) is 16.3. The molecule has 0 amide bonds. The van der Waals surface area contributed by atoms with E-state index in [1.165, 1.54) is 38.5 Å². The molecule has 2 N–H and O–H groups in total. The number of nitrogens with one attached hydrogen (secondary N) is 1. The van der Waals surface area contributed by atoms with Gasteiger partial charge in [0.25, 0.3) is 0 Å². The van der Waals surface area contributed by atoms with Gasteiger partial charge in [-0.25, -0.2) is 0 Å². The van der Waals surface area contributed by atoms with Crippen LogP contribution in [0.4, 0.5) is 0 Å². The van der Waals surface area contributed by atoms with Gasteiger partial charge in [-0.1, -0.05) is 40.5 Å². The van der Waals surface area contributed by atoms with Crippen molar-refractivity contribution in [3.8, 4) is 0 Å². The molecule has 0 bridgehead atoms. The summed E-state index contributed by atoms with van der Waals surface area (Å²) in [6.45, 7) is 10.6. The van der Waals surface area contributed by atoms with Crippen molar-refractivity contribution in [3.05, 3.63) is 0 Å². The molecule has 1 heterocycles. The van der Waals surface area contributed by atoms with Crippen LogP contribution in [0.25, 0.3) is 0 Å². The van der Waals surface area contributed by atoms with Gasteiger partial charge in [0.1, 0.15) is 0 Å². The summed E-state index contributed by atoms with van der Waals surface area (Å²) in [5.74, 6) is 2.13. The molecule has 2 fully saturated rings. The monoisotopic (exact) mass is 281 g/mol. The second kappa shape index (κ2) is 6.79. The Morgan fingerprint density at radius 3 is 2.50 bits per heavy atom. The average molecular weight is 281 g/mol. The minimum Gasteiger partial charge on any atom is -0.393 e. The first-order chi connectivity index (χ1) is 9.47. The van der Waals surface area contributed by atoms with Crippen molar-refractivity contribution < 1.29 is 5.11 Å². The zero-order valence-corrected chi connectivity index (χ0v) is 14.0. The molecule has 5 unspecified atom stereocenters. The first-order valence-electron chi connectivity index (χ1n) is 8.89. The molecule has 1 aliphatic carbocycles. The predicted molar refractivity (Wildman–Crippen MR) is 85.7 cm³/mol. The van der Waals surface area contributed by atoms with Crippen molar-refractivity contribution in [1.82, 2.24) is 5.32 Å². The molecule has 2 rings (SSSR count). The average Bonchev–Trinajstić information content (AvgIpc) is 2.47. The number of aliphatic hydroxyl groups excluding tert-OH is 1. The molecule has 0 aromatic carbocycles. The van der Waals surface area contributed by atoms with Gasteiger partial charge < -0.3 is 10.4 Å². The third-order valence-electron chi connectivity index (χ3n) is 6.52. The van der Waals surface area contributed by atoms with E-state index in [2.05, 4.69) is 33.0 Å². The number of hydrogen-bond donors (Lipinski definition) is 2. The van der Waals surface area contributed by atoms with E-state index in [0.717, 1.165) is 24.8 Å². The largest absolute Gasteiger partial charge is 0.393 e. The SMILES string of the molecule is CCC1CCNC(C2CC(C(C)(C)CC)CCC2O)C1. The lowest BCUT2D eigenvalue weighted by atomic mass is 9.64. The van der Waals surface area contributed by atoms with Gasteiger partial charge >= 0.3 is 0 Å². The summed E-state index contributed by atoms with van der Waals surface area (Å²) in [4.78, 5) is 0. The third-order valence-corrected chi connectivity index (χ3v) is 6.52. The van der Waals surface area contributed by atoms with Crippen LogP contribution < -0.4 is 5.32 Å². The number of hydrogen-bond acceptors (Lipinski definition) is 2. The molecule has 118 valence electrons. The Kier molecular flexibility index (Phi) is 5.53. The van der Waals surface area contributed by atoms with Gasteiger partial charge in [0.05, 0.1) is 6.10 Å². The van der Waals surface area contributed by atoms with Gasteiger partial charge in [0, 0.05) is 12.0 Å². The quantitative estimate of drug-likeness (QED) is 0.817. The molecule has 2 aliphatic rings. The summed E-state index contributed by atoms with van der Waals surface area (Å²) in [7, 11) is 0.